The predicted molar refractivity (Wildman–Crippen MR) is 81.9 cm³/mol. The summed E-state index contributed by atoms with van der Waals surface area (Å²) in [7, 11) is 0.157. The standard InChI is InChI=1S/C15H22P2/c1-12-8-16(9-13(12)2)6-5-7-17-10-14(3)15(4)11-17/h8-11H,5-7H2,1-4H3. The highest BCUT2D eigenvalue weighted by Gasteiger charge is 2.02. The van der Waals surface area contributed by atoms with Gasteiger partial charge in [0.2, 0.25) is 0 Å². The van der Waals surface area contributed by atoms with Gasteiger partial charge in [-0.2, -0.15) is 0 Å². The van der Waals surface area contributed by atoms with Crippen molar-refractivity contribution in [2.45, 2.75) is 46.4 Å². The lowest BCUT2D eigenvalue weighted by Gasteiger charge is -1.99. The number of aryl methyl sites for hydroxylation is 6. The summed E-state index contributed by atoms with van der Waals surface area (Å²) < 4.78 is 0. The molecule has 0 bridgehead atoms. The predicted octanol–water partition coefficient (Wildman–Crippen LogP) is 5.98. The van der Waals surface area contributed by atoms with Crippen molar-refractivity contribution >= 4 is 15.1 Å². The second-order valence-electron chi connectivity index (χ2n) is 5.08. The Balaban J connectivity index is 1.87. The van der Waals surface area contributed by atoms with Crippen molar-refractivity contribution < 1.29 is 0 Å². The Hall–Kier alpha value is -0.440. The van der Waals surface area contributed by atoms with Gasteiger partial charge in [-0.05, 0) is 91.9 Å². The van der Waals surface area contributed by atoms with Crippen LogP contribution in [0.25, 0.3) is 0 Å². The topological polar surface area (TPSA) is 0 Å². The molecule has 0 aliphatic heterocycles. The molecule has 0 aliphatic carbocycles. The fraction of sp³-hybridized carbons (Fsp3) is 0.467. The van der Waals surface area contributed by atoms with Crippen LogP contribution in [0, 0.1) is 27.7 Å². The van der Waals surface area contributed by atoms with Gasteiger partial charge in [-0.3, -0.25) is 0 Å². The van der Waals surface area contributed by atoms with Crippen LogP contribution in [-0.2, 0) is 12.3 Å². The quantitative estimate of drug-likeness (QED) is 0.636. The van der Waals surface area contributed by atoms with Crippen LogP contribution in [0.5, 0.6) is 0 Å². The van der Waals surface area contributed by atoms with Crippen LogP contribution in [0.1, 0.15) is 28.7 Å². The molecule has 2 heteroatoms. The van der Waals surface area contributed by atoms with Crippen molar-refractivity contribution in [1.29, 1.82) is 0 Å². The second kappa shape index (κ2) is 5.47. The van der Waals surface area contributed by atoms with Crippen LogP contribution >= 0.6 is 15.1 Å². The van der Waals surface area contributed by atoms with Crippen molar-refractivity contribution in [3.05, 3.63) is 45.4 Å². The Morgan fingerprint density at radius 1 is 0.647 bits per heavy atom. The normalized spacial score (nSPS) is 11.1. The molecule has 0 aromatic carbocycles. The molecule has 0 unspecified atom stereocenters. The molecular weight excluding hydrogens is 242 g/mol. The molecule has 0 aliphatic rings. The molecule has 17 heavy (non-hydrogen) atoms. The molecule has 0 fully saturated rings. The average Bonchev–Trinajstić information content (AvgIpc) is 2.73. The van der Waals surface area contributed by atoms with E-state index >= 15 is 0 Å². The van der Waals surface area contributed by atoms with Gasteiger partial charge in [0.15, 0.2) is 0 Å². The first-order chi connectivity index (χ1) is 8.06. The lowest BCUT2D eigenvalue weighted by atomic mass is 10.2. The van der Waals surface area contributed by atoms with Crippen LogP contribution in [-0.4, -0.2) is 0 Å². The number of hydrogen-bond donors (Lipinski definition) is 0. The smallest absolute Gasteiger partial charge is 0.0135 e. The fourth-order valence-electron chi connectivity index (χ4n) is 2.17. The highest BCUT2D eigenvalue weighted by Crippen LogP contribution is 2.39. The van der Waals surface area contributed by atoms with Crippen LogP contribution in [0.15, 0.2) is 23.2 Å². The van der Waals surface area contributed by atoms with E-state index in [1.807, 2.05) is 0 Å². The summed E-state index contributed by atoms with van der Waals surface area (Å²) in [6.45, 7) is 8.97. The fourth-order valence-corrected chi connectivity index (χ4v) is 6.94. The van der Waals surface area contributed by atoms with Crippen LogP contribution < -0.4 is 0 Å². The first kappa shape index (κ1) is 13.0. The molecule has 0 nitrogen and oxygen atoms in total. The monoisotopic (exact) mass is 264 g/mol. The lowest BCUT2D eigenvalue weighted by molar-refractivity contribution is 0.984. The molecule has 92 valence electrons. The van der Waals surface area contributed by atoms with E-state index in [0.717, 1.165) is 0 Å². The van der Waals surface area contributed by atoms with Gasteiger partial charge >= 0.3 is 0 Å². The summed E-state index contributed by atoms with van der Waals surface area (Å²) >= 11 is 0. The minimum atomic E-state index is 0.0787. The van der Waals surface area contributed by atoms with E-state index in [1.165, 1.54) is 41.0 Å². The van der Waals surface area contributed by atoms with Crippen molar-refractivity contribution in [1.82, 2.24) is 0 Å². The van der Waals surface area contributed by atoms with Gasteiger partial charge in [0.25, 0.3) is 0 Å². The number of rotatable bonds is 4. The Morgan fingerprint density at radius 3 is 1.24 bits per heavy atom. The maximum atomic E-state index is 2.49. The van der Waals surface area contributed by atoms with E-state index in [-0.39, 0.29) is 15.1 Å². The van der Waals surface area contributed by atoms with Gasteiger partial charge in [-0.1, -0.05) is 0 Å². The van der Waals surface area contributed by atoms with E-state index in [4.69, 9.17) is 0 Å². The summed E-state index contributed by atoms with van der Waals surface area (Å²) in [4.78, 5) is 0. The third kappa shape index (κ3) is 3.27. The van der Waals surface area contributed by atoms with Gasteiger partial charge in [0, 0.05) is 0 Å². The van der Waals surface area contributed by atoms with E-state index < -0.39 is 0 Å². The molecule has 2 heterocycles. The Labute approximate surface area is 107 Å². The van der Waals surface area contributed by atoms with Gasteiger partial charge in [-0.15, -0.1) is 15.1 Å². The van der Waals surface area contributed by atoms with Crippen molar-refractivity contribution in [2.24, 2.45) is 0 Å². The molecule has 0 saturated carbocycles. The van der Waals surface area contributed by atoms with Crippen LogP contribution in [0.2, 0.25) is 0 Å². The van der Waals surface area contributed by atoms with E-state index in [9.17, 15) is 0 Å². The Morgan fingerprint density at radius 2 is 0.941 bits per heavy atom. The van der Waals surface area contributed by atoms with E-state index in [2.05, 4.69) is 50.9 Å². The molecule has 0 radical (unpaired) electrons. The van der Waals surface area contributed by atoms with Gasteiger partial charge in [-0.25, -0.2) is 0 Å². The first-order valence-electron chi connectivity index (χ1n) is 6.32. The zero-order valence-electron chi connectivity index (χ0n) is 11.3. The molecular formula is C15H22P2. The largest absolute Gasteiger partial charge is 0.124 e. The molecule has 2 aromatic rings. The minimum Gasteiger partial charge on any atom is -0.124 e. The molecule has 2 rings (SSSR count). The number of hydrogen-bond acceptors (Lipinski definition) is 0. The molecule has 0 atom stereocenters. The van der Waals surface area contributed by atoms with Crippen LogP contribution in [0.4, 0.5) is 0 Å². The Kier molecular flexibility index (Phi) is 4.18. The molecule has 0 spiro atoms. The highest BCUT2D eigenvalue weighted by molar-refractivity contribution is 7.48. The molecule has 0 amide bonds. The SMILES string of the molecule is Cc1cp(CCCp2cc(C)c(C)c2)cc1C. The molecule has 0 saturated heterocycles. The Bertz CT molecular complexity index is 418. The summed E-state index contributed by atoms with van der Waals surface area (Å²) in [5, 5.41) is 0. The zero-order chi connectivity index (χ0) is 12.4. The van der Waals surface area contributed by atoms with Gasteiger partial charge in [0.1, 0.15) is 0 Å². The summed E-state index contributed by atoms with van der Waals surface area (Å²) in [5.74, 6) is 9.98. The second-order valence-corrected chi connectivity index (χ2v) is 9.06. The van der Waals surface area contributed by atoms with Gasteiger partial charge < -0.3 is 0 Å². The third-order valence-electron chi connectivity index (χ3n) is 3.51. The third-order valence-corrected chi connectivity index (χ3v) is 8.06. The summed E-state index contributed by atoms with van der Waals surface area (Å²) in [6, 6.07) is 0. The van der Waals surface area contributed by atoms with Crippen LogP contribution in [0.3, 0.4) is 0 Å². The zero-order valence-corrected chi connectivity index (χ0v) is 13.1. The molecule has 0 N–H and O–H groups in total. The first-order valence-corrected chi connectivity index (χ1v) is 9.65. The van der Waals surface area contributed by atoms with Crippen molar-refractivity contribution in [3.63, 3.8) is 0 Å². The average molecular weight is 264 g/mol. The summed E-state index contributed by atoms with van der Waals surface area (Å²) in [6.07, 6.45) is 4.17. The molecule has 2 aromatic heterocycles. The van der Waals surface area contributed by atoms with E-state index in [1.54, 1.807) is 0 Å². The maximum absolute atomic E-state index is 2.49. The van der Waals surface area contributed by atoms with Crippen molar-refractivity contribution in [2.75, 3.05) is 0 Å². The maximum Gasteiger partial charge on any atom is -0.0135 e. The minimum absolute atomic E-state index is 0.0787. The highest BCUT2D eigenvalue weighted by atomic mass is 31.1. The van der Waals surface area contributed by atoms with Crippen molar-refractivity contribution in [3.8, 4) is 0 Å². The van der Waals surface area contributed by atoms with E-state index in [0.29, 0.717) is 0 Å². The summed E-state index contributed by atoms with van der Waals surface area (Å²) in [5.41, 5.74) is 6.03. The lowest BCUT2D eigenvalue weighted by Crippen LogP contribution is -1.71. The van der Waals surface area contributed by atoms with Gasteiger partial charge in [0.05, 0.1) is 0 Å².